The fourth-order valence-corrected chi connectivity index (χ4v) is 2.80. The summed E-state index contributed by atoms with van der Waals surface area (Å²) in [7, 11) is 0. The minimum absolute atomic E-state index is 0.0289. The highest BCUT2D eigenvalue weighted by atomic mass is 127. The molecule has 0 aliphatic rings. The summed E-state index contributed by atoms with van der Waals surface area (Å²) in [6.45, 7) is 3.59. The van der Waals surface area contributed by atoms with Crippen molar-refractivity contribution in [2.75, 3.05) is 5.32 Å². The van der Waals surface area contributed by atoms with Gasteiger partial charge >= 0.3 is 0 Å². The number of carbonyl (C=O) groups excluding carboxylic acids is 3. The van der Waals surface area contributed by atoms with E-state index in [1.54, 1.807) is 56.3 Å². The third kappa shape index (κ3) is 6.27. The van der Waals surface area contributed by atoms with E-state index in [4.69, 9.17) is 12.2 Å². The Kier molecular flexibility index (Phi) is 7.88. The maximum absolute atomic E-state index is 12.2. The first-order valence-electron chi connectivity index (χ1n) is 8.35. The van der Waals surface area contributed by atoms with Gasteiger partial charge in [0, 0.05) is 20.7 Å². The lowest BCUT2D eigenvalue weighted by atomic mass is 10.1. The number of thiocarbonyl (C=S) groups is 1. The molecule has 0 saturated heterocycles. The third-order valence-electron chi connectivity index (χ3n) is 3.57. The van der Waals surface area contributed by atoms with Crippen molar-refractivity contribution in [3.05, 3.63) is 63.2 Å². The predicted octanol–water partition coefficient (Wildman–Crippen LogP) is 2.84. The maximum atomic E-state index is 12.2. The zero-order valence-corrected chi connectivity index (χ0v) is 18.2. The van der Waals surface area contributed by atoms with Crippen molar-refractivity contribution in [2.45, 2.75) is 13.8 Å². The maximum Gasteiger partial charge on any atom is 0.269 e. The van der Waals surface area contributed by atoms with Gasteiger partial charge in [-0.15, -0.1) is 0 Å². The molecule has 2 aromatic carbocycles. The Balaban J connectivity index is 1.86. The van der Waals surface area contributed by atoms with Gasteiger partial charge in [0.25, 0.3) is 11.8 Å². The lowest BCUT2D eigenvalue weighted by molar-refractivity contribution is -0.118. The molecule has 0 atom stereocenters. The highest BCUT2D eigenvalue weighted by Gasteiger charge is 2.12. The van der Waals surface area contributed by atoms with Gasteiger partial charge in [-0.05, 0) is 71.2 Å². The van der Waals surface area contributed by atoms with E-state index in [2.05, 4.69) is 44.1 Å². The third-order valence-corrected chi connectivity index (χ3v) is 4.72. The molecule has 0 aliphatic heterocycles. The summed E-state index contributed by atoms with van der Waals surface area (Å²) in [6.07, 6.45) is 0. The number of benzene rings is 2. The van der Waals surface area contributed by atoms with E-state index in [0.29, 0.717) is 16.8 Å². The number of carbonyl (C=O) groups is 3. The van der Waals surface area contributed by atoms with Gasteiger partial charge in [-0.3, -0.25) is 30.6 Å². The van der Waals surface area contributed by atoms with Crippen molar-refractivity contribution in [1.29, 1.82) is 0 Å². The number of rotatable bonds is 4. The molecule has 28 heavy (non-hydrogen) atoms. The van der Waals surface area contributed by atoms with Crippen LogP contribution in [0.1, 0.15) is 34.6 Å². The summed E-state index contributed by atoms with van der Waals surface area (Å²) in [5, 5.41) is 5.21. The largest absolute Gasteiger partial charge is 0.326 e. The Bertz CT molecular complexity index is 900. The van der Waals surface area contributed by atoms with Gasteiger partial charge in [-0.2, -0.15) is 0 Å². The van der Waals surface area contributed by atoms with Gasteiger partial charge in [0.05, 0.1) is 5.56 Å². The molecule has 2 aromatic rings. The van der Waals surface area contributed by atoms with Crippen molar-refractivity contribution >= 4 is 63.3 Å². The molecule has 2 rings (SSSR count). The van der Waals surface area contributed by atoms with E-state index in [-0.39, 0.29) is 22.8 Å². The average molecular weight is 510 g/mol. The van der Waals surface area contributed by atoms with Gasteiger partial charge < -0.3 is 5.32 Å². The van der Waals surface area contributed by atoms with Gasteiger partial charge in [-0.25, -0.2) is 0 Å². The second kappa shape index (κ2) is 10.1. The fraction of sp³-hybridized carbons (Fsp3) is 0.158. The van der Waals surface area contributed by atoms with Crippen molar-refractivity contribution in [2.24, 2.45) is 5.92 Å². The molecule has 0 unspecified atom stereocenters. The van der Waals surface area contributed by atoms with E-state index in [1.165, 1.54) is 0 Å². The molecule has 0 fully saturated rings. The zero-order chi connectivity index (χ0) is 20.7. The van der Waals surface area contributed by atoms with E-state index in [1.807, 2.05) is 6.07 Å². The van der Waals surface area contributed by atoms with Crippen LogP contribution in [0.15, 0.2) is 48.5 Å². The van der Waals surface area contributed by atoms with E-state index in [9.17, 15) is 14.4 Å². The molecule has 7 nitrogen and oxygen atoms in total. The number of halogens is 1. The van der Waals surface area contributed by atoms with Crippen LogP contribution in [-0.2, 0) is 4.79 Å². The SMILES string of the molecule is CC(C)C(=O)Nc1ccc(C(=O)NNC(=S)NC(=O)c2ccccc2I)cc1. The van der Waals surface area contributed by atoms with Crippen LogP contribution in [0.25, 0.3) is 0 Å². The van der Waals surface area contributed by atoms with Crippen LogP contribution in [0.4, 0.5) is 5.69 Å². The average Bonchev–Trinajstić information content (AvgIpc) is 2.66. The Hall–Kier alpha value is -2.53. The summed E-state index contributed by atoms with van der Waals surface area (Å²) in [5.41, 5.74) is 6.35. The predicted molar refractivity (Wildman–Crippen MR) is 120 cm³/mol. The van der Waals surface area contributed by atoms with E-state index in [0.717, 1.165) is 3.57 Å². The Morgan fingerprint density at radius 1 is 0.929 bits per heavy atom. The molecular weight excluding hydrogens is 491 g/mol. The molecule has 0 bridgehead atoms. The summed E-state index contributed by atoms with van der Waals surface area (Å²) in [4.78, 5) is 36.0. The number of hydrogen-bond donors (Lipinski definition) is 4. The van der Waals surface area contributed by atoms with Crippen LogP contribution < -0.4 is 21.5 Å². The number of hydrazine groups is 1. The second-order valence-electron chi connectivity index (χ2n) is 6.06. The van der Waals surface area contributed by atoms with Crippen LogP contribution in [0.2, 0.25) is 0 Å². The smallest absolute Gasteiger partial charge is 0.269 e. The van der Waals surface area contributed by atoms with Gasteiger partial charge in [0.1, 0.15) is 0 Å². The first kappa shape index (κ1) is 21.8. The molecule has 146 valence electrons. The summed E-state index contributed by atoms with van der Waals surface area (Å²) >= 11 is 7.08. The fourth-order valence-electron chi connectivity index (χ4n) is 2.02. The van der Waals surface area contributed by atoms with Crippen molar-refractivity contribution in [3.63, 3.8) is 0 Å². The zero-order valence-electron chi connectivity index (χ0n) is 15.2. The lowest BCUT2D eigenvalue weighted by Crippen LogP contribution is -2.48. The Morgan fingerprint density at radius 3 is 2.18 bits per heavy atom. The quantitative estimate of drug-likeness (QED) is 0.288. The molecule has 0 heterocycles. The molecule has 0 saturated carbocycles. The molecule has 0 aromatic heterocycles. The van der Waals surface area contributed by atoms with Crippen LogP contribution >= 0.6 is 34.8 Å². The number of anilines is 1. The normalized spacial score (nSPS) is 10.1. The van der Waals surface area contributed by atoms with E-state index >= 15 is 0 Å². The minimum atomic E-state index is -0.437. The number of nitrogens with one attached hydrogen (secondary N) is 4. The summed E-state index contributed by atoms with van der Waals surface area (Å²) in [5.74, 6) is -1.05. The molecule has 4 N–H and O–H groups in total. The summed E-state index contributed by atoms with van der Waals surface area (Å²) < 4.78 is 0.786. The highest BCUT2D eigenvalue weighted by molar-refractivity contribution is 14.1. The first-order chi connectivity index (χ1) is 13.3. The van der Waals surface area contributed by atoms with Crippen molar-refractivity contribution in [3.8, 4) is 0 Å². The van der Waals surface area contributed by atoms with Crippen molar-refractivity contribution in [1.82, 2.24) is 16.2 Å². The monoisotopic (exact) mass is 510 g/mol. The molecule has 0 spiro atoms. The van der Waals surface area contributed by atoms with Crippen molar-refractivity contribution < 1.29 is 14.4 Å². The lowest BCUT2D eigenvalue weighted by Gasteiger charge is -2.12. The number of hydrogen-bond acceptors (Lipinski definition) is 4. The van der Waals surface area contributed by atoms with Gasteiger partial charge in [0.15, 0.2) is 5.11 Å². The standard InChI is InChI=1S/C19H19IN4O3S/c1-11(2)16(25)21-13-9-7-12(8-10-13)17(26)23-24-19(28)22-18(27)14-5-3-4-6-15(14)20/h3-11H,1-2H3,(H,21,25)(H,23,26)(H2,22,24,27,28). The first-order valence-corrected chi connectivity index (χ1v) is 9.83. The van der Waals surface area contributed by atoms with Gasteiger partial charge in [0.2, 0.25) is 5.91 Å². The Morgan fingerprint density at radius 2 is 1.57 bits per heavy atom. The summed E-state index contributed by atoms with van der Waals surface area (Å²) in [6, 6.07) is 13.5. The minimum Gasteiger partial charge on any atom is -0.326 e. The van der Waals surface area contributed by atoms with Crippen LogP contribution in [0.5, 0.6) is 0 Å². The topological polar surface area (TPSA) is 99.3 Å². The van der Waals surface area contributed by atoms with Gasteiger partial charge in [-0.1, -0.05) is 26.0 Å². The second-order valence-corrected chi connectivity index (χ2v) is 7.63. The molecule has 9 heteroatoms. The molecular formula is C19H19IN4O3S. The van der Waals surface area contributed by atoms with Crippen LogP contribution in [0.3, 0.4) is 0 Å². The van der Waals surface area contributed by atoms with Crippen LogP contribution in [-0.4, -0.2) is 22.8 Å². The molecule has 0 aliphatic carbocycles. The van der Waals surface area contributed by atoms with E-state index < -0.39 is 5.91 Å². The number of amides is 3. The highest BCUT2D eigenvalue weighted by Crippen LogP contribution is 2.12. The molecule has 3 amide bonds. The molecule has 0 radical (unpaired) electrons. The van der Waals surface area contributed by atoms with Crippen LogP contribution in [0, 0.1) is 9.49 Å². The Labute approximate surface area is 181 Å².